The predicted octanol–water partition coefficient (Wildman–Crippen LogP) is 3.99. The van der Waals surface area contributed by atoms with Crippen LogP contribution in [0.3, 0.4) is 0 Å². The summed E-state index contributed by atoms with van der Waals surface area (Å²) in [6, 6.07) is 8.55. The van der Waals surface area contributed by atoms with E-state index in [4.69, 9.17) is 9.97 Å². The van der Waals surface area contributed by atoms with Gasteiger partial charge in [-0.25, -0.2) is 4.98 Å². The van der Waals surface area contributed by atoms with Crippen molar-refractivity contribution in [3.63, 3.8) is 0 Å². The van der Waals surface area contributed by atoms with E-state index in [9.17, 15) is 0 Å². The minimum Gasteiger partial charge on any atom is -0.384 e. The van der Waals surface area contributed by atoms with Crippen LogP contribution in [-0.2, 0) is 12.8 Å². The zero-order valence-electron chi connectivity index (χ0n) is 14.9. The Balaban J connectivity index is 1.88. The second kappa shape index (κ2) is 7.51. The lowest BCUT2D eigenvalue weighted by Gasteiger charge is -2.21. The minimum absolute atomic E-state index is 0.681. The molecule has 1 aliphatic heterocycles. The molecule has 1 aromatic heterocycles. The van der Waals surface area contributed by atoms with Gasteiger partial charge in [0.25, 0.3) is 0 Å². The molecule has 0 atom stereocenters. The lowest BCUT2D eigenvalue weighted by molar-refractivity contribution is 0.824. The molecule has 0 radical (unpaired) electrons. The van der Waals surface area contributed by atoms with Crippen molar-refractivity contribution in [3.8, 4) is 0 Å². The highest BCUT2D eigenvalue weighted by Crippen LogP contribution is 2.27. The van der Waals surface area contributed by atoms with Gasteiger partial charge in [0.2, 0.25) is 5.95 Å². The summed E-state index contributed by atoms with van der Waals surface area (Å²) in [5.41, 5.74) is 4.72. The normalized spacial score (nSPS) is 12.6. The third-order valence-corrected chi connectivity index (χ3v) is 4.44. The average molecular weight is 325 g/mol. The molecule has 3 rings (SSSR count). The van der Waals surface area contributed by atoms with E-state index < -0.39 is 0 Å². The highest BCUT2D eigenvalue weighted by atomic mass is 15.2. The Hall–Kier alpha value is -2.30. The number of benzene rings is 1. The van der Waals surface area contributed by atoms with Crippen LogP contribution in [0.25, 0.3) is 0 Å². The van der Waals surface area contributed by atoms with Gasteiger partial charge in [0, 0.05) is 42.8 Å². The van der Waals surface area contributed by atoms with E-state index in [0.717, 1.165) is 56.1 Å². The third kappa shape index (κ3) is 3.61. The maximum absolute atomic E-state index is 4.73. The Kier molecular flexibility index (Phi) is 5.18. The molecule has 0 fully saturated rings. The highest BCUT2D eigenvalue weighted by molar-refractivity contribution is 5.67. The Labute approximate surface area is 144 Å². The summed E-state index contributed by atoms with van der Waals surface area (Å²) in [5.74, 6) is 1.68. The Bertz CT molecular complexity index is 694. The largest absolute Gasteiger partial charge is 0.384 e. The smallest absolute Gasteiger partial charge is 0.229 e. The van der Waals surface area contributed by atoms with Crippen molar-refractivity contribution >= 4 is 23.1 Å². The molecular weight excluding hydrogens is 298 g/mol. The minimum atomic E-state index is 0.681. The van der Waals surface area contributed by atoms with E-state index in [1.54, 1.807) is 0 Å². The van der Waals surface area contributed by atoms with Crippen LogP contribution in [0.4, 0.5) is 23.1 Å². The molecule has 0 amide bonds. The zero-order chi connectivity index (χ0) is 16.9. The zero-order valence-corrected chi connectivity index (χ0v) is 14.9. The van der Waals surface area contributed by atoms with E-state index in [0.29, 0.717) is 5.95 Å². The second-order valence-corrected chi connectivity index (χ2v) is 6.14. The lowest BCUT2D eigenvalue weighted by atomic mass is 10.1. The quantitative estimate of drug-likeness (QED) is 0.806. The summed E-state index contributed by atoms with van der Waals surface area (Å²) in [4.78, 5) is 11.7. The van der Waals surface area contributed by atoms with Crippen LogP contribution in [0.5, 0.6) is 0 Å². The van der Waals surface area contributed by atoms with Crippen molar-refractivity contribution in [2.24, 2.45) is 0 Å². The molecule has 2 aromatic rings. The van der Waals surface area contributed by atoms with Crippen LogP contribution in [0.2, 0.25) is 0 Å². The van der Waals surface area contributed by atoms with Crippen molar-refractivity contribution in [1.82, 2.24) is 9.97 Å². The highest BCUT2D eigenvalue weighted by Gasteiger charge is 2.12. The molecule has 5 heteroatoms. The number of rotatable bonds is 7. The third-order valence-electron chi connectivity index (χ3n) is 4.44. The molecule has 0 unspecified atom stereocenters. The monoisotopic (exact) mass is 325 g/mol. The number of aromatic nitrogens is 2. The van der Waals surface area contributed by atoms with Crippen molar-refractivity contribution in [2.45, 2.75) is 40.0 Å². The maximum Gasteiger partial charge on any atom is 0.229 e. The summed E-state index contributed by atoms with van der Waals surface area (Å²) in [6.07, 6.45) is 3.15. The molecule has 5 nitrogen and oxygen atoms in total. The van der Waals surface area contributed by atoms with Crippen LogP contribution < -0.4 is 15.5 Å². The molecule has 1 aliphatic rings. The second-order valence-electron chi connectivity index (χ2n) is 6.14. The topological polar surface area (TPSA) is 53.1 Å². The fourth-order valence-electron chi connectivity index (χ4n) is 3.13. The van der Waals surface area contributed by atoms with E-state index in [2.05, 4.69) is 60.6 Å². The summed E-state index contributed by atoms with van der Waals surface area (Å²) < 4.78 is 0. The summed E-state index contributed by atoms with van der Waals surface area (Å²) in [6.45, 7) is 9.41. The van der Waals surface area contributed by atoms with Gasteiger partial charge in [0.15, 0.2) is 0 Å². The number of hydrogen-bond acceptors (Lipinski definition) is 5. The molecule has 2 heterocycles. The number of nitrogens with zero attached hydrogens (tertiary/aromatic N) is 3. The summed E-state index contributed by atoms with van der Waals surface area (Å²) in [5, 5.41) is 6.80. The van der Waals surface area contributed by atoms with Gasteiger partial charge in [-0.15, -0.1) is 0 Å². The van der Waals surface area contributed by atoms with Crippen molar-refractivity contribution in [1.29, 1.82) is 0 Å². The molecule has 0 saturated carbocycles. The fourth-order valence-corrected chi connectivity index (χ4v) is 3.13. The molecule has 128 valence electrons. The van der Waals surface area contributed by atoms with Gasteiger partial charge in [-0.3, -0.25) is 0 Å². The molecule has 0 spiro atoms. The number of fused-ring (bicyclic) bond motifs is 1. The first-order chi connectivity index (χ1) is 11.7. The van der Waals surface area contributed by atoms with E-state index in [-0.39, 0.29) is 0 Å². The van der Waals surface area contributed by atoms with Gasteiger partial charge in [-0.05, 0) is 44.4 Å². The molecule has 0 bridgehead atoms. The van der Waals surface area contributed by atoms with Crippen LogP contribution >= 0.6 is 0 Å². The van der Waals surface area contributed by atoms with Crippen LogP contribution in [-0.4, -0.2) is 29.6 Å². The SMILES string of the molecule is CCCc1cc(N(CC)CC)nc(Nc2ccc3c(c2)NCC3)n1. The van der Waals surface area contributed by atoms with Crippen molar-refractivity contribution < 1.29 is 0 Å². The lowest BCUT2D eigenvalue weighted by Crippen LogP contribution is -2.23. The van der Waals surface area contributed by atoms with Gasteiger partial charge >= 0.3 is 0 Å². The number of nitrogens with one attached hydrogen (secondary N) is 2. The first-order valence-corrected chi connectivity index (χ1v) is 9.00. The first-order valence-electron chi connectivity index (χ1n) is 9.00. The Morgan fingerprint density at radius 1 is 1.12 bits per heavy atom. The Morgan fingerprint density at radius 3 is 2.71 bits per heavy atom. The average Bonchev–Trinajstić information content (AvgIpc) is 3.04. The van der Waals surface area contributed by atoms with Crippen LogP contribution in [0, 0.1) is 0 Å². The molecule has 24 heavy (non-hydrogen) atoms. The molecular formula is C19H27N5. The van der Waals surface area contributed by atoms with E-state index in [1.807, 2.05) is 0 Å². The molecule has 1 aromatic carbocycles. The first kappa shape index (κ1) is 16.6. The van der Waals surface area contributed by atoms with E-state index >= 15 is 0 Å². The standard InChI is InChI=1S/C19H27N5/c1-4-7-15-13-18(24(5-2)6-3)23-19(21-15)22-16-9-8-14-10-11-20-17(14)12-16/h8-9,12-13,20H,4-7,10-11H2,1-3H3,(H,21,22,23). The van der Waals surface area contributed by atoms with Gasteiger partial charge in [-0.1, -0.05) is 19.4 Å². The molecule has 0 aliphatic carbocycles. The van der Waals surface area contributed by atoms with Gasteiger partial charge in [0.1, 0.15) is 5.82 Å². The maximum atomic E-state index is 4.73. The summed E-state index contributed by atoms with van der Waals surface area (Å²) >= 11 is 0. The van der Waals surface area contributed by atoms with Crippen molar-refractivity contribution in [2.75, 3.05) is 35.2 Å². The van der Waals surface area contributed by atoms with Gasteiger partial charge in [0.05, 0.1) is 0 Å². The molecule has 0 saturated heterocycles. The van der Waals surface area contributed by atoms with Gasteiger partial charge < -0.3 is 15.5 Å². The van der Waals surface area contributed by atoms with Gasteiger partial charge in [-0.2, -0.15) is 4.98 Å². The van der Waals surface area contributed by atoms with Crippen LogP contribution in [0.1, 0.15) is 38.4 Å². The van der Waals surface area contributed by atoms with E-state index in [1.165, 1.54) is 11.3 Å². The van der Waals surface area contributed by atoms with Crippen LogP contribution in [0.15, 0.2) is 24.3 Å². The number of hydrogen-bond donors (Lipinski definition) is 2. The number of aryl methyl sites for hydroxylation is 1. The molecule has 2 N–H and O–H groups in total. The fraction of sp³-hybridized carbons (Fsp3) is 0.474. The number of anilines is 4. The van der Waals surface area contributed by atoms with Crippen molar-refractivity contribution in [3.05, 3.63) is 35.5 Å². The Morgan fingerprint density at radius 2 is 1.96 bits per heavy atom. The summed E-state index contributed by atoms with van der Waals surface area (Å²) in [7, 11) is 0. The predicted molar refractivity (Wildman–Crippen MR) is 102 cm³/mol.